The molecule has 0 spiro atoms. The zero-order valence-corrected chi connectivity index (χ0v) is 14.7. The zero-order chi connectivity index (χ0) is 15.5. The smallest absolute Gasteiger partial charge is 0.232 e. The first-order valence-corrected chi connectivity index (χ1v) is 9.65. The number of aromatic nitrogens is 2. The van der Waals surface area contributed by atoms with Gasteiger partial charge in [-0.15, -0.1) is 11.3 Å². The lowest BCUT2D eigenvalue weighted by molar-refractivity contribution is -0.129. The van der Waals surface area contributed by atoms with E-state index < -0.39 is 0 Å². The van der Waals surface area contributed by atoms with Crippen LogP contribution in [0.5, 0.6) is 0 Å². The predicted octanol–water partition coefficient (Wildman–Crippen LogP) is 3.67. The second kappa shape index (κ2) is 6.96. The van der Waals surface area contributed by atoms with Gasteiger partial charge in [-0.1, -0.05) is 18.7 Å². The minimum absolute atomic E-state index is 0.236. The monoisotopic (exact) mass is 335 g/mol. The van der Waals surface area contributed by atoms with Gasteiger partial charge in [0.2, 0.25) is 5.91 Å². The molecule has 3 heterocycles. The molecule has 0 atom stereocenters. The first kappa shape index (κ1) is 15.7. The molecule has 1 fully saturated rings. The highest BCUT2D eigenvalue weighted by Crippen LogP contribution is 2.32. The fourth-order valence-electron chi connectivity index (χ4n) is 2.70. The Labute approximate surface area is 139 Å². The van der Waals surface area contributed by atoms with Gasteiger partial charge in [-0.2, -0.15) is 0 Å². The highest BCUT2D eigenvalue weighted by atomic mass is 32.2. The number of thioether (sulfide) groups is 1. The first-order valence-electron chi connectivity index (χ1n) is 7.85. The summed E-state index contributed by atoms with van der Waals surface area (Å²) in [5, 5.41) is 2.05. The van der Waals surface area contributed by atoms with Crippen molar-refractivity contribution in [3.8, 4) is 0 Å². The van der Waals surface area contributed by atoms with Crippen LogP contribution in [0.25, 0.3) is 10.2 Å². The predicted molar refractivity (Wildman–Crippen MR) is 92.7 cm³/mol. The summed E-state index contributed by atoms with van der Waals surface area (Å²) in [4.78, 5) is 25.7. The highest BCUT2D eigenvalue weighted by Gasteiger charge is 2.18. The van der Waals surface area contributed by atoms with Crippen LogP contribution in [-0.4, -0.2) is 39.6 Å². The Hall–Kier alpha value is -1.14. The van der Waals surface area contributed by atoms with Crippen LogP contribution < -0.4 is 0 Å². The van der Waals surface area contributed by atoms with Crippen LogP contribution in [0.4, 0.5) is 0 Å². The number of aryl methyl sites for hydroxylation is 2. The van der Waals surface area contributed by atoms with Crippen LogP contribution in [0.15, 0.2) is 11.1 Å². The molecule has 4 nitrogen and oxygen atoms in total. The quantitative estimate of drug-likeness (QED) is 0.632. The number of amides is 1. The van der Waals surface area contributed by atoms with E-state index in [4.69, 9.17) is 0 Å². The summed E-state index contributed by atoms with van der Waals surface area (Å²) in [6.45, 7) is 5.89. The number of carbonyl (C=O) groups is 1. The first-order chi connectivity index (χ1) is 10.7. The number of thiophene rings is 1. The maximum absolute atomic E-state index is 12.3. The van der Waals surface area contributed by atoms with E-state index in [1.807, 2.05) is 11.8 Å². The van der Waals surface area contributed by atoms with Gasteiger partial charge in [0, 0.05) is 23.4 Å². The van der Waals surface area contributed by atoms with E-state index in [-0.39, 0.29) is 5.91 Å². The van der Waals surface area contributed by atoms with Crippen molar-refractivity contribution in [2.24, 2.45) is 0 Å². The Morgan fingerprint density at radius 3 is 2.82 bits per heavy atom. The number of carbonyl (C=O) groups excluding carboxylic acids is 1. The number of likely N-dealkylation sites (tertiary alicyclic amines) is 1. The maximum Gasteiger partial charge on any atom is 0.232 e. The normalized spacial score (nSPS) is 15.5. The van der Waals surface area contributed by atoms with Crippen molar-refractivity contribution in [2.75, 3.05) is 18.8 Å². The van der Waals surface area contributed by atoms with Crippen molar-refractivity contribution in [2.45, 2.75) is 44.6 Å². The third kappa shape index (κ3) is 3.43. The van der Waals surface area contributed by atoms with Gasteiger partial charge in [-0.3, -0.25) is 4.79 Å². The molecule has 2 aromatic rings. The van der Waals surface area contributed by atoms with E-state index in [0.717, 1.165) is 53.4 Å². The van der Waals surface area contributed by atoms with Crippen LogP contribution >= 0.6 is 23.1 Å². The van der Waals surface area contributed by atoms with Crippen LogP contribution in [-0.2, 0) is 11.2 Å². The fraction of sp³-hybridized carbons (Fsp3) is 0.562. The molecule has 22 heavy (non-hydrogen) atoms. The van der Waals surface area contributed by atoms with Gasteiger partial charge >= 0.3 is 0 Å². The van der Waals surface area contributed by atoms with E-state index in [0.29, 0.717) is 5.75 Å². The summed E-state index contributed by atoms with van der Waals surface area (Å²) in [6, 6.07) is 2.17. The van der Waals surface area contributed by atoms with Crippen molar-refractivity contribution in [3.63, 3.8) is 0 Å². The number of fused-ring (bicyclic) bond motifs is 1. The lowest BCUT2D eigenvalue weighted by atomic mass is 10.1. The van der Waals surface area contributed by atoms with Gasteiger partial charge in [-0.25, -0.2) is 9.97 Å². The highest BCUT2D eigenvalue weighted by molar-refractivity contribution is 8.00. The Balaban J connectivity index is 1.75. The van der Waals surface area contributed by atoms with Crippen molar-refractivity contribution in [1.82, 2.24) is 14.9 Å². The van der Waals surface area contributed by atoms with E-state index in [1.54, 1.807) is 23.1 Å². The van der Waals surface area contributed by atoms with Gasteiger partial charge in [0.1, 0.15) is 15.7 Å². The van der Waals surface area contributed by atoms with Gasteiger partial charge in [0.15, 0.2) is 0 Å². The minimum atomic E-state index is 0.236. The van der Waals surface area contributed by atoms with E-state index in [9.17, 15) is 4.79 Å². The molecule has 0 bridgehead atoms. The van der Waals surface area contributed by atoms with Crippen molar-refractivity contribution < 1.29 is 4.79 Å². The molecule has 0 aromatic carbocycles. The SMILES string of the molecule is CCc1cc2c(SCC(=O)N3CCCCC3)nc(C)nc2s1. The molecule has 1 saturated heterocycles. The third-order valence-corrected chi connectivity index (χ3v) is 6.06. The summed E-state index contributed by atoms with van der Waals surface area (Å²) >= 11 is 3.28. The van der Waals surface area contributed by atoms with Crippen LogP contribution in [0.2, 0.25) is 0 Å². The Bertz CT molecular complexity index is 677. The number of piperidine rings is 1. The van der Waals surface area contributed by atoms with E-state index in [2.05, 4.69) is 23.0 Å². The Morgan fingerprint density at radius 1 is 1.32 bits per heavy atom. The lowest BCUT2D eigenvalue weighted by Gasteiger charge is -2.26. The lowest BCUT2D eigenvalue weighted by Crippen LogP contribution is -2.36. The van der Waals surface area contributed by atoms with Gasteiger partial charge < -0.3 is 4.90 Å². The van der Waals surface area contributed by atoms with Crippen molar-refractivity contribution >= 4 is 39.2 Å². The third-order valence-electron chi connectivity index (χ3n) is 3.91. The summed E-state index contributed by atoms with van der Waals surface area (Å²) in [6.07, 6.45) is 4.53. The number of hydrogen-bond donors (Lipinski definition) is 0. The van der Waals surface area contributed by atoms with Crippen LogP contribution in [0.1, 0.15) is 36.9 Å². The van der Waals surface area contributed by atoms with Crippen LogP contribution in [0, 0.1) is 6.92 Å². The topological polar surface area (TPSA) is 46.1 Å². The molecule has 1 aliphatic rings. The average Bonchev–Trinajstić information content (AvgIpc) is 2.96. The maximum atomic E-state index is 12.3. The molecule has 1 amide bonds. The zero-order valence-electron chi connectivity index (χ0n) is 13.1. The van der Waals surface area contributed by atoms with E-state index in [1.165, 1.54) is 11.3 Å². The Kier molecular flexibility index (Phi) is 4.98. The molecule has 1 aliphatic heterocycles. The molecule has 0 unspecified atom stereocenters. The van der Waals surface area contributed by atoms with E-state index >= 15 is 0 Å². The summed E-state index contributed by atoms with van der Waals surface area (Å²) in [7, 11) is 0. The summed E-state index contributed by atoms with van der Waals surface area (Å²) < 4.78 is 0. The molecular formula is C16H21N3OS2. The minimum Gasteiger partial charge on any atom is -0.342 e. The largest absolute Gasteiger partial charge is 0.342 e. The average molecular weight is 335 g/mol. The van der Waals surface area contributed by atoms with Crippen molar-refractivity contribution in [1.29, 1.82) is 0 Å². The summed E-state index contributed by atoms with van der Waals surface area (Å²) in [5.74, 6) is 1.49. The van der Waals surface area contributed by atoms with Gasteiger partial charge in [-0.05, 0) is 38.7 Å². The molecule has 3 rings (SSSR count). The second-order valence-electron chi connectivity index (χ2n) is 5.59. The number of hydrogen-bond acceptors (Lipinski definition) is 5. The number of nitrogens with zero attached hydrogens (tertiary/aromatic N) is 3. The number of rotatable bonds is 4. The van der Waals surface area contributed by atoms with Gasteiger partial charge in [0.05, 0.1) is 5.75 Å². The molecule has 2 aromatic heterocycles. The molecule has 0 saturated carbocycles. The standard InChI is InChI=1S/C16H21N3OS2/c1-3-12-9-13-15(17-11(2)18-16(13)22-12)21-10-14(20)19-7-5-4-6-8-19/h9H,3-8,10H2,1-2H3. The molecule has 118 valence electrons. The second-order valence-corrected chi connectivity index (χ2v) is 7.67. The molecule has 6 heteroatoms. The molecule has 0 aliphatic carbocycles. The van der Waals surface area contributed by atoms with Crippen molar-refractivity contribution in [3.05, 3.63) is 16.8 Å². The molecule has 0 N–H and O–H groups in total. The van der Waals surface area contributed by atoms with Crippen LogP contribution in [0.3, 0.4) is 0 Å². The van der Waals surface area contributed by atoms with Gasteiger partial charge in [0.25, 0.3) is 0 Å². The molecule has 0 radical (unpaired) electrons. The molecular weight excluding hydrogens is 314 g/mol. The Morgan fingerprint density at radius 2 is 2.09 bits per heavy atom. The fourth-order valence-corrected chi connectivity index (χ4v) is 4.72. The summed E-state index contributed by atoms with van der Waals surface area (Å²) in [5.41, 5.74) is 0.